The molecule has 2 aliphatic rings. The molecule has 2 fully saturated rings. The standard InChI is InChI=1S/C12H17N5O4S.C10H13N5O4/c1-13-9-6-10(16-12(15-9)22-2)17(4-14-6)11-8(20)7(19)5(3-18)21-11;11-8-5-9(13-2-12-8)15(3-14-5)10-7(18)6(17)4(1-16)19-10/h4-5,7-8,11,18-20H,3H2,1-2H3,(H,13,15,16);2-4,6-7,10,16-18H,1H2,(H2,11,12,13)/t5-,7-,8-,11-;4-,6-,7-,10-/m11/s1. The highest BCUT2D eigenvalue weighted by molar-refractivity contribution is 7.98. The van der Waals surface area contributed by atoms with Crippen LogP contribution in [0.1, 0.15) is 12.5 Å². The number of ether oxygens (including phenoxy) is 2. The smallest absolute Gasteiger partial charge is 0.191 e. The van der Waals surface area contributed by atoms with Crippen LogP contribution in [0.5, 0.6) is 0 Å². The Bertz CT molecular complexity index is 1510. The fourth-order valence-electron chi connectivity index (χ4n) is 4.62. The van der Waals surface area contributed by atoms with Gasteiger partial charge in [0.25, 0.3) is 0 Å². The number of hydrogen-bond donors (Lipinski definition) is 8. The van der Waals surface area contributed by atoms with Gasteiger partial charge in [0.05, 0.1) is 25.9 Å². The molecular formula is C22H30N10O8S. The maximum Gasteiger partial charge on any atom is 0.191 e. The summed E-state index contributed by atoms with van der Waals surface area (Å²) >= 11 is 1.38. The van der Waals surface area contributed by atoms with Crippen LogP contribution in [-0.2, 0) is 9.47 Å². The summed E-state index contributed by atoms with van der Waals surface area (Å²) in [6.45, 7) is -0.771. The topological polar surface area (TPSA) is 265 Å². The van der Waals surface area contributed by atoms with Gasteiger partial charge in [-0.25, -0.2) is 29.9 Å². The number of nitrogen functional groups attached to an aromatic ring is 1. The molecule has 0 radical (unpaired) electrons. The van der Waals surface area contributed by atoms with Crippen molar-refractivity contribution in [2.45, 2.75) is 54.2 Å². The Labute approximate surface area is 235 Å². The second-order valence-electron chi connectivity index (χ2n) is 9.17. The van der Waals surface area contributed by atoms with Crippen molar-refractivity contribution < 1.29 is 40.1 Å². The first kappa shape index (κ1) is 29.2. The molecule has 6 rings (SSSR count). The molecule has 2 saturated heterocycles. The van der Waals surface area contributed by atoms with Crippen LogP contribution in [0.3, 0.4) is 0 Å². The molecule has 0 saturated carbocycles. The first-order chi connectivity index (χ1) is 19.7. The maximum atomic E-state index is 10.1. The van der Waals surface area contributed by atoms with Crippen molar-refractivity contribution >= 4 is 45.7 Å². The lowest BCUT2D eigenvalue weighted by Crippen LogP contribution is -2.33. The fraction of sp³-hybridized carbons (Fsp3) is 0.545. The molecule has 8 atom stereocenters. The van der Waals surface area contributed by atoms with Crippen LogP contribution in [0.15, 0.2) is 24.1 Å². The van der Waals surface area contributed by atoms with Gasteiger partial charge in [-0.15, -0.1) is 0 Å². The third kappa shape index (κ3) is 5.15. The SMILES string of the molecule is CNc1nc(SC)nc2c1ncn2[C@@H]1O[C@H](CO)[C@@H](O)[C@H]1O.Nc1ncnc2c1ncn2[C@@H]1O[C@H](CO)[C@@H](O)[C@H]1O. The third-order valence-corrected chi connectivity index (χ3v) is 7.34. The quantitative estimate of drug-likeness (QED) is 0.0828. The van der Waals surface area contributed by atoms with Crippen molar-refractivity contribution in [3.63, 3.8) is 0 Å². The van der Waals surface area contributed by atoms with E-state index in [0.29, 0.717) is 33.3 Å². The Morgan fingerprint density at radius 3 is 1.90 bits per heavy atom. The normalized spacial score (nSPS) is 29.7. The van der Waals surface area contributed by atoms with Crippen molar-refractivity contribution in [2.75, 3.05) is 37.6 Å². The van der Waals surface area contributed by atoms with E-state index in [2.05, 4.69) is 35.2 Å². The molecule has 6 heterocycles. The van der Waals surface area contributed by atoms with Gasteiger partial charge in [0, 0.05) is 7.05 Å². The minimum Gasteiger partial charge on any atom is -0.394 e. The van der Waals surface area contributed by atoms with Crippen LogP contribution in [0.25, 0.3) is 22.3 Å². The van der Waals surface area contributed by atoms with Crippen molar-refractivity contribution in [1.29, 1.82) is 0 Å². The number of aliphatic hydroxyl groups excluding tert-OH is 6. The highest BCUT2D eigenvalue weighted by atomic mass is 32.2. The minimum atomic E-state index is -1.19. The zero-order valence-electron chi connectivity index (χ0n) is 21.8. The van der Waals surface area contributed by atoms with Crippen LogP contribution in [0.2, 0.25) is 0 Å². The molecule has 41 heavy (non-hydrogen) atoms. The lowest BCUT2D eigenvalue weighted by Gasteiger charge is -2.16. The summed E-state index contributed by atoms with van der Waals surface area (Å²) in [6.07, 6.45) is -2.15. The van der Waals surface area contributed by atoms with Gasteiger partial charge in [-0.2, -0.15) is 0 Å². The third-order valence-electron chi connectivity index (χ3n) is 6.79. The first-order valence-corrected chi connectivity index (χ1v) is 13.6. The Morgan fingerprint density at radius 1 is 0.829 bits per heavy atom. The first-order valence-electron chi connectivity index (χ1n) is 12.4. The highest BCUT2D eigenvalue weighted by Crippen LogP contribution is 2.33. The lowest BCUT2D eigenvalue weighted by atomic mass is 10.1. The molecule has 0 bridgehead atoms. The van der Waals surface area contributed by atoms with E-state index >= 15 is 0 Å². The van der Waals surface area contributed by atoms with Crippen LogP contribution in [-0.4, -0.2) is 133 Å². The van der Waals surface area contributed by atoms with E-state index in [-0.39, 0.29) is 12.4 Å². The number of hydrogen-bond acceptors (Lipinski definition) is 17. The van der Waals surface area contributed by atoms with Gasteiger partial charge in [0.15, 0.2) is 46.1 Å². The molecule has 0 amide bonds. The molecule has 0 unspecified atom stereocenters. The summed E-state index contributed by atoms with van der Waals surface area (Å²) in [5, 5.41) is 61.5. The van der Waals surface area contributed by atoms with Gasteiger partial charge < -0.3 is 51.2 Å². The molecule has 0 aliphatic carbocycles. The number of fused-ring (bicyclic) bond motifs is 2. The summed E-state index contributed by atoms with van der Waals surface area (Å²) in [5.41, 5.74) is 7.47. The molecule has 4 aromatic heterocycles. The van der Waals surface area contributed by atoms with Crippen LogP contribution in [0.4, 0.5) is 11.6 Å². The number of aliphatic hydroxyl groups is 6. The monoisotopic (exact) mass is 594 g/mol. The molecule has 0 aromatic carbocycles. The molecule has 18 nitrogen and oxygen atoms in total. The second kappa shape index (κ2) is 11.9. The van der Waals surface area contributed by atoms with Crippen molar-refractivity contribution in [2.24, 2.45) is 0 Å². The molecule has 19 heteroatoms. The van der Waals surface area contributed by atoms with Gasteiger partial charge in [-0.1, -0.05) is 11.8 Å². The van der Waals surface area contributed by atoms with E-state index in [0.717, 1.165) is 0 Å². The number of rotatable bonds is 6. The molecule has 9 N–H and O–H groups in total. The van der Waals surface area contributed by atoms with Crippen LogP contribution < -0.4 is 11.1 Å². The van der Waals surface area contributed by atoms with Gasteiger partial charge in [0.2, 0.25) is 0 Å². The summed E-state index contributed by atoms with van der Waals surface area (Å²) in [7, 11) is 1.73. The number of thioether (sulfide) groups is 1. The van der Waals surface area contributed by atoms with E-state index in [1.165, 1.54) is 35.3 Å². The van der Waals surface area contributed by atoms with Crippen molar-refractivity contribution in [3.8, 4) is 0 Å². The minimum absolute atomic E-state index is 0.218. The van der Waals surface area contributed by atoms with Crippen LogP contribution >= 0.6 is 11.8 Å². The van der Waals surface area contributed by atoms with Gasteiger partial charge in [-0.05, 0) is 6.26 Å². The molecule has 0 spiro atoms. The predicted octanol–water partition coefficient (Wildman–Crippen LogP) is -2.78. The number of nitrogens with zero attached hydrogens (tertiary/aromatic N) is 8. The summed E-state index contributed by atoms with van der Waals surface area (Å²) in [6, 6.07) is 0. The van der Waals surface area contributed by atoms with Crippen molar-refractivity contribution in [3.05, 3.63) is 19.0 Å². The number of imidazole rings is 2. The summed E-state index contributed by atoms with van der Waals surface area (Å²) in [4.78, 5) is 24.9. The van der Waals surface area contributed by atoms with Gasteiger partial charge in [0.1, 0.15) is 48.5 Å². The molecule has 222 valence electrons. The Hall–Kier alpha value is -3.27. The van der Waals surface area contributed by atoms with E-state index < -0.39 is 55.7 Å². The number of nitrogens with one attached hydrogen (secondary N) is 1. The summed E-state index contributed by atoms with van der Waals surface area (Å²) in [5.74, 6) is 0.787. The molecular weight excluding hydrogens is 564 g/mol. The Balaban J connectivity index is 0.000000166. The lowest BCUT2D eigenvalue weighted by molar-refractivity contribution is -0.0511. The Kier molecular flexibility index (Phi) is 8.50. The summed E-state index contributed by atoms with van der Waals surface area (Å²) < 4.78 is 13.9. The zero-order chi connectivity index (χ0) is 29.4. The average Bonchev–Trinajstić information content (AvgIpc) is 3.74. The van der Waals surface area contributed by atoms with Gasteiger partial charge in [-0.3, -0.25) is 9.13 Å². The van der Waals surface area contributed by atoms with Gasteiger partial charge >= 0.3 is 0 Å². The molecule has 4 aromatic rings. The van der Waals surface area contributed by atoms with Crippen LogP contribution in [0, 0.1) is 0 Å². The number of aromatic nitrogens is 8. The average molecular weight is 595 g/mol. The largest absolute Gasteiger partial charge is 0.394 e. The fourth-order valence-corrected chi connectivity index (χ4v) is 4.98. The number of nitrogens with two attached hydrogens (primary N) is 1. The number of anilines is 2. The van der Waals surface area contributed by atoms with E-state index in [1.807, 2.05) is 6.26 Å². The highest BCUT2D eigenvalue weighted by Gasteiger charge is 2.45. The molecule has 2 aliphatic heterocycles. The van der Waals surface area contributed by atoms with E-state index in [9.17, 15) is 25.5 Å². The van der Waals surface area contributed by atoms with Crippen molar-refractivity contribution in [1.82, 2.24) is 39.0 Å². The maximum absolute atomic E-state index is 10.1. The Morgan fingerprint density at radius 2 is 1.39 bits per heavy atom. The predicted molar refractivity (Wildman–Crippen MR) is 142 cm³/mol. The van der Waals surface area contributed by atoms with E-state index in [4.69, 9.17) is 20.3 Å². The van der Waals surface area contributed by atoms with E-state index in [1.54, 1.807) is 11.6 Å². The second-order valence-corrected chi connectivity index (χ2v) is 9.95. The zero-order valence-corrected chi connectivity index (χ0v) is 22.6.